The molecule has 1 fully saturated rings. The van der Waals surface area contributed by atoms with E-state index in [2.05, 4.69) is 5.32 Å². The van der Waals surface area contributed by atoms with Crippen molar-refractivity contribution in [3.05, 3.63) is 29.6 Å². The Morgan fingerprint density at radius 1 is 1.38 bits per heavy atom. The molecule has 1 saturated heterocycles. The minimum Gasteiger partial charge on any atom is -0.480 e. The number of benzene rings is 1. The second kappa shape index (κ2) is 9.85. The van der Waals surface area contributed by atoms with Crippen molar-refractivity contribution in [2.75, 3.05) is 32.0 Å². The molecular formula is C18H27ClFN3O3. The van der Waals surface area contributed by atoms with Crippen LogP contribution in [0.15, 0.2) is 18.2 Å². The van der Waals surface area contributed by atoms with Crippen molar-refractivity contribution in [1.82, 2.24) is 9.80 Å². The molecule has 6 nitrogen and oxygen atoms in total. The third-order valence-corrected chi connectivity index (χ3v) is 4.82. The van der Waals surface area contributed by atoms with Gasteiger partial charge in [0, 0.05) is 19.1 Å². The van der Waals surface area contributed by atoms with Crippen LogP contribution in [-0.4, -0.2) is 65.5 Å². The van der Waals surface area contributed by atoms with Gasteiger partial charge in [0.05, 0.1) is 18.3 Å². The molecule has 0 aromatic heterocycles. The Labute approximate surface area is 159 Å². The van der Waals surface area contributed by atoms with E-state index in [9.17, 15) is 14.0 Å². The first kappa shape index (κ1) is 22.3. The number of likely N-dealkylation sites (tertiary alicyclic amines) is 1. The third kappa shape index (κ3) is 5.93. The zero-order valence-electron chi connectivity index (χ0n) is 15.4. The largest absolute Gasteiger partial charge is 0.480 e. The summed E-state index contributed by atoms with van der Waals surface area (Å²) in [5.74, 6) is -1.51. The molecule has 0 spiro atoms. The van der Waals surface area contributed by atoms with Gasteiger partial charge in [-0.05, 0) is 51.4 Å². The Bertz CT molecular complexity index is 636. The van der Waals surface area contributed by atoms with Crippen molar-refractivity contribution in [2.45, 2.75) is 38.8 Å². The molecule has 1 aromatic rings. The van der Waals surface area contributed by atoms with E-state index in [1.807, 2.05) is 23.8 Å². The average molecular weight is 388 g/mol. The molecule has 2 N–H and O–H groups in total. The lowest BCUT2D eigenvalue weighted by Gasteiger charge is -2.38. The first-order valence-corrected chi connectivity index (χ1v) is 8.51. The van der Waals surface area contributed by atoms with Gasteiger partial charge in [0.15, 0.2) is 0 Å². The Kier molecular flexibility index (Phi) is 8.46. The van der Waals surface area contributed by atoms with Crippen LogP contribution in [0.1, 0.15) is 25.3 Å². The molecule has 8 heteroatoms. The molecule has 1 aromatic carbocycles. The molecule has 1 aliphatic heterocycles. The topological polar surface area (TPSA) is 72.9 Å². The Hall–Kier alpha value is -1.70. The highest BCUT2D eigenvalue weighted by molar-refractivity contribution is 5.94. The first-order chi connectivity index (χ1) is 11.8. The van der Waals surface area contributed by atoms with Gasteiger partial charge < -0.3 is 10.4 Å². The fourth-order valence-electron chi connectivity index (χ4n) is 3.18. The molecule has 1 atom stereocenters. The van der Waals surface area contributed by atoms with Gasteiger partial charge in [0.2, 0.25) is 5.91 Å². The van der Waals surface area contributed by atoms with Crippen LogP contribution < -0.4 is 5.32 Å². The van der Waals surface area contributed by atoms with Crippen molar-refractivity contribution in [1.29, 1.82) is 0 Å². The molecule has 26 heavy (non-hydrogen) atoms. The number of aliphatic carboxylic acids is 1. The molecule has 146 valence electrons. The van der Waals surface area contributed by atoms with Crippen LogP contribution in [0.25, 0.3) is 0 Å². The van der Waals surface area contributed by atoms with Crippen LogP contribution in [-0.2, 0) is 9.59 Å². The van der Waals surface area contributed by atoms with Crippen molar-refractivity contribution in [2.24, 2.45) is 0 Å². The van der Waals surface area contributed by atoms with Gasteiger partial charge in [-0.2, -0.15) is 0 Å². The molecular weight excluding hydrogens is 361 g/mol. The van der Waals surface area contributed by atoms with E-state index in [1.165, 1.54) is 6.07 Å². The summed E-state index contributed by atoms with van der Waals surface area (Å²) in [6, 6.07) is 4.56. The summed E-state index contributed by atoms with van der Waals surface area (Å²) in [6.45, 7) is 5.04. The predicted molar refractivity (Wildman–Crippen MR) is 101 cm³/mol. The lowest BCUT2D eigenvalue weighted by Crippen LogP contribution is -2.50. The maximum Gasteiger partial charge on any atom is 0.317 e. The summed E-state index contributed by atoms with van der Waals surface area (Å²) in [7, 11) is 1.81. The summed E-state index contributed by atoms with van der Waals surface area (Å²) in [5, 5.41) is 11.5. The molecule has 0 aliphatic carbocycles. The standard InChI is InChI=1S/C18H26FN3O3.ClH/c1-12-4-5-16(15(19)10-12)20-18(25)13(2)22-8-6-14(7-9-22)21(3)11-17(23)24;/h4-5,10,13-14H,6-9,11H2,1-3H3,(H,20,25)(H,23,24);1H. The lowest BCUT2D eigenvalue weighted by atomic mass is 10.0. The van der Waals surface area contributed by atoms with Gasteiger partial charge in [-0.3, -0.25) is 19.4 Å². The molecule has 1 unspecified atom stereocenters. The van der Waals surface area contributed by atoms with E-state index < -0.39 is 11.8 Å². The molecule has 0 radical (unpaired) electrons. The number of piperidine rings is 1. The Morgan fingerprint density at radius 2 is 2.00 bits per heavy atom. The number of hydrogen-bond acceptors (Lipinski definition) is 4. The number of carboxylic acids is 1. The number of carboxylic acid groups (broad SMARTS) is 1. The summed E-state index contributed by atoms with van der Waals surface area (Å²) in [5.41, 5.74) is 0.995. The third-order valence-electron chi connectivity index (χ3n) is 4.82. The number of carbonyl (C=O) groups excluding carboxylic acids is 1. The fraction of sp³-hybridized carbons (Fsp3) is 0.556. The van der Waals surface area contributed by atoms with Gasteiger partial charge in [0.1, 0.15) is 5.82 Å². The number of rotatable bonds is 6. The van der Waals surface area contributed by atoms with E-state index in [4.69, 9.17) is 5.11 Å². The van der Waals surface area contributed by atoms with Crippen LogP contribution in [0.2, 0.25) is 0 Å². The number of carbonyl (C=O) groups is 2. The van der Waals surface area contributed by atoms with Gasteiger partial charge in [0.25, 0.3) is 0 Å². The molecule has 1 heterocycles. The number of hydrogen-bond donors (Lipinski definition) is 2. The number of anilines is 1. The van der Waals surface area contributed by atoms with Crippen LogP contribution in [0.5, 0.6) is 0 Å². The van der Waals surface area contributed by atoms with Gasteiger partial charge >= 0.3 is 5.97 Å². The van der Waals surface area contributed by atoms with Crippen molar-refractivity contribution in [3.8, 4) is 0 Å². The van der Waals surface area contributed by atoms with Crippen molar-refractivity contribution < 1.29 is 19.1 Å². The quantitative estimate of drug-likeness (QED) is 0.784. The van der Waals surface area contributed by atoms with Crippen LogP contribution in [0, 0.1) is 12.7 Å². The lowest BCUT2D eigenvalue weighted by molar-refractivity contribution is -0.138. The smallest absolute Gasteiger partial charge is 0.317 e. The van der Waals surface area contributed by atoms with E-state index in [0.717, 1.165) is 18.4 Å². The molecule has 0 bridgehead atoms. The molecule has 1 aliphatic rings. The minimum absolute atomic E-state index is 0. The highest BCUT2D eigenvalue weighted by Gasteiger charge is 2.29. The fourth-order valence-corrected chi connectivity index (χ4v) is 3.18. The van der Waals surface area contributed by atoms with Gasteiger partial charge in [-0.25, -0.2) is 4.39 Å². The Morgan fingerprint density at radius 3 is 2.54 bits per heavy atom. The summed E-state index contributed by atoms with van der Waals surface area (Å²) < 4.78 is 13.9. The summed E-state index contributed by atoms with van der Waals surface area (Å²) in [6.07, 6.45) is 1.61. The van der Waals surface area contributed by atoms with Crippen LogP contribution in [0.3, 0.4) is 0 Å². The predicted octanol–water partition coefficient (Wildman–Crippen LogP) is 2.36. The van der Waals surface area contributed by atoms with E-state index >= 15 is 0 Å². The number of nitrogens with one attached hydrogen (secondary N) is 1. The molecule has 0 saturated carbocycles. The maximum absolute atomic E-state index is 13.9. The number of amides is 1. The average Bonchev–Trinajstić information content (AvgIpc) is 2.56. The summed E-state index contributed by atoms with van der Waals surface area (Å²) >= 11 is 0. The number of likely N-dealkylation sites (N-methyl/N-ethyl adjacent to an activating group) is 1. The second-order valence-electron chi connectivity index (χ2n) is 6.72. The van der Waals surface area contributed by atoms with E-state index in [0.29, 0.717) is 13.1 Å². The maximum atomic E-state index is 13.9. The van der Waals surface area contributed by atoms with E-state index in [-0.39, 0.29) is 42.6 Å². The highest BCUT2D eigenvalue weighted by atomic mass is 35.5. The van der Waals surface area contributed by atoms with Gasteiger partial charge in [-0.1, -0.05) is 6.07 Å². The van der Waals surface area contributed by atoms with Gasteiger partial charge in [-0.15, -0.1) is 12.4 Å². The van der Waals surface area contributed by atoms with Crippen molar-refractivity contribution >= 4 is 30.0 Å². The molecule has 2 rings (SSSR count). The zero-order chi connectivity index (χ0) is 18.6. The zero-order valence-corrected chi connectivity index (χ0v) is 16.2. The molecule has 1 amide bonds. The van der Waals surface area contributed by atoms with E-state index in [1.54, 1.807) is 19.1 Å². The summed E-state index contributed by atoms with van der Waals surface area (Å²) in [4.78, 5) is 27.1. The first-order valence-electron chi connectivity index (χ1n) is 8.51. The number of nitrogens with zero attached hydrogens (tertiary/aromatic N) is 2. The number of aryl methyl sites for hydroxylation is 1. The Balaban J connectivity index is 0.00000338. The normalized spacial score (nSPS) is 16.8. The SMILES string of the molecule is Cc1ccc(NC(=O)C(C)N2CCC(N(C)CC(=O)O)CC2)c(F)c1.Cl. The van der Waals surface area contributed by atoms with Crippen LogP contribution >= 0.6 is 12.4 Å². The number of halogens is 2. The monoisotopic (exact) mass is 387 g/mol. The van der Waals surface area contributed by atoms with Crippen LogP contribution in [0.4, 0.5) is 10.1 Å². The van der Waals surface area contributed by atoms with Crippen molar-refractivity contribution in [3.63, 3.8) is 0 Å². The minimum atomic E-state index is -0.835. The highest BCUT2D eigenvalue weighted by Crippen LogP contribution is 2.19. The second-order valence-corrected chi connectivity index (χ2v) is 6.72.